The Labute approximate surface area is 179 Å². The largest absolute Gasteiger partial charge is 0.485 e. The number of rotatable bonds is 5. The van der Waals surface area contributed by atoms with E-state index in [1.54, 1.807) is 0 Å². The predicted octanol–water partition coefficient (Wildman–Crippen LogP) is 4.18. The molecule has 0 radical (unpaired) electrons. The van der Waals surface area contributed by atoms with Gasteiger partial charge in [-0.05, 0) is 55.5 Å². The maximum atomic E-state index is 13.0. The lowest BCUT2D eigenvalue weighted by molar-refractivity contribution is 0.0825. The zero-order valence-corrected chi connectivity index (χ0v) is 17.8. The molecule has 0 saturated carbocycles. The summed E-state index contributed by atoms with van der Waals surface area (Å²) in [5.41, 5.74) is 3.47. The number of carbonyl (C=O) groups is 1. The highest BCUT2D eigenvalue weighted by molar-refractivity contribution is 8.00. The highest BCUT2D eigenvalue weighted by Crippen LogP contribution is 2.36. The summed E-state index contributed by atoms with van der Waals surface area (Å²) in [6.07, 6.45) is 3.02. The summed E-state index contributed by atoms with van der Waals surface area (Å²) in [5.74, 6) is 2.24. The predicted molar refractivity (Wildman–Crippen MR) is 114 cm³/mol. The van der Waals surface area contributed by atoms with Crippen LogP contribution in [0.15, 0.2) is 47.6 Å². The molecule has 2 heterocycles. The van der Waals surface area contributed by atoms with E-state index >= 15 is 0 Å². The van der Waals surface area contributed by atoms with Crippen molar-refractivity contribution in [3.8, 4) is 11.5 Å². The topological polar surface area (TPSA) is 66.2 Å². The molecule has 0 saturated heterocycles. The Morgan fingerprint density at radius 1 is 1.13 bits per heavy atom. The minimum atomic E-state index is -0.338. The van der Waals surface area contributed by atoms with Crippen LogP contribution >= 0.6 is 11.8 Å². The van der Waals surface area contributed by atoms with Gasteiger partial charge in [0.25, 0.3) is 0 Å². The Morgan fingerprint density at radius 3 is 2.80 bits per heavy atom. The van der Waals surface area contributed by atoms with E-state index in [1.807, 2.05) is 48.9 Å². The first-order valence-electron chi connectivity index (χ1n) is 10.2. The van der Waals surface area contributed by atoms with Gasteiger partial charge in [0.2, 0.25) is 0 Å². The van der Waals surface area contributed by atoms with Crippen LogP contribution in [-0.4, -0.2) is 32.4 Å². The molecule has 1 aliphatic heterocycles. The lowest BCUT2D eigenvalue weighted by atomic mass is 10.0. The van der Waals surface area contributed by atoms with Crippen molar-refractivity contribution >= 4 is 17.5 Å². The van der Waals surface area contributed by atoms with Gasteiger partial charge in [-0.2, -0.15) is 0 Å². The fraction of sp³-hybridized carbons (Fsp3) is 0.348. The second-order valence-electron chi connectivity index (χ2n) is 7.73. The van der Waals surface area contributed by atoms with E-state index in [0.717, 1.165) is 24.2 Å². The average Bonchev–Trinajstić information content (AvgIpc) is 3.39. The zero-order chi connectivity index (χ0) is 20.7. The molecule has 0 fully saturated rings. The summed E-state index contributed by atoms with van der Waals surface area (Å²) in [6, 6.07) is 13.7. The minimum Gasteiger partial charge on any atom is -0.485 e. The third-order valence-electron chi connectivity index (χ3n) is 5.70. The van der Waals surface area contributed by atoms with Gasteiger partial charge in [-0.1, -0.05) is 36.0 Å². The molecule has 2 unspecified atom stereocenters. The van der Waals surface area contributed by atoms with Crippen LogP contribution in [0, 0.1) is 0 Å². The van der Waals surface area contributed by atoms with E-state index in [4.69, 9.17) is 9.47 Å². The van der Waals surface area contributed by atoms with E-state index in [9.17, 15) is 4.79 Å². The molecular formula is C23H23N3O3S. The second-order valence-corrected chi connectivity index (χ2v) is 9.03. The van der Waals surface area contributed by atoms with E-state index in [2.05, 4.69) is 22.3 Å². The Kier molecular flexibility index (Phi) is 4.98. The highest BCUT2D eigenvalue weighted by atomic mass is 32.2. The van der Waals surface area contributed by atoms with Crippen LogP contribution in [0.4, 0.5) is 0 Å². The molecule has 1 aromatic heterocycles. The molecule has 5 rings (SSSR count). The van der Waals surface area contributed by atoms with E-state index in [-0.39, 0.29) is 17.1 Å². The smallest absolute Gasteiger partial charge is 0.192 e. The highest BCUT2D eigenvalue weighted by Gasteiger charge is 2.28. The number of nitrogens with zero attached hydrogens (tertiary/aromatic N) is 3. The third kappa shape index (κ3) is 3.47. The number of para-hydroxylation sites is 2. The summed E-state index contributed by atoms with van der Waals surface area (Å²) < 4.78 is 13.7. The molecule has 0 N–H and O–H groups in total. The van der Waals surface area contributed by atoms with Gasteiger partial charge in [-0.15, -0.1) is 10.2 Å². The standard InChI is InChI=1S/C23H23N3O3S/c1-14(21(27)17-11-10-15-6-5-7-16(15)12-17)30-23-25-24-22(26(23)2)20-13-28-18-8-3-4-9-19(18)29-20/h3-4,8-12,14,20H,5-7,13H2,1-2H3. The van der Waals surface area contributed by atoms with Gasteiger partial charge in [0, 0.05) is 12.6 Å². The Morgan fingerprint density at radius 2 is 1.93 bits per heavy atom. The molecule has 2 aromatic carbocycles. The van der Waals surface area contributed by atoms with Crippen molar-refractivity contribution in [3.63, 3.8) is 0 Å². The van der Waals surface area contributed by atoms with Crippen molar-refractivity contribution in [1.82, 2.24) is 14.8 Å². The fourth-order valence-corrected chi connectivity index (χ4v) is 4.93. The van der Waals surface area contributed by atoms with Crippen LogP contribution in [0.1, 0.15) is 46.8 Å². The number of hydrogen-bond acceptors (Lipinski definition) is 6. The summed E-state index contributed by atoms with van der Waals surface area (Å²) in [4.78, 5) is 13.0. The molecule has 0 bridgehead atoms. The minimum absolute atomic E-state index is 0.116. The number of aromatic nitrogens is 3. The van der Waals surface area contributed by atoms with Crippen molar-refractivity contribution in [2.75, 3.05) is 6.61 Å². The molecule has 0 amide bonds. The molecule has 3 aromatic rings. The van der Waals surface area contributed by atoms with Crippen LogP contribution < -0.4 is 9.47 Å². The quantitative estimate of drug-likeness (QED) is 0.455. The van der Waals surface area contributed by atoms with Crippen molar-refractivity contribution < 1.29 is 14.3 Å². The third-order valence-corrected chi connectivity index (χ3v) is 6.83. The first-order valence-corrected chi connectivity index (χ1v) is 11.1. The lowest BCUT2D eigenvalue weighted by Crippen LogP contribution is -2.24. The first kappa shape index (κ1) is 19.2. The molecule has 1 aliphatic carbocycles. The first-order chi connectivity index (χ1) is 14.6. The maximum absolute atomic E-state index is 13.0. The SMILES string of the molecule is CC(Sc1nnc(C2COc3ccccc3O2)n1C)C(=O)c1ccc2c(c1)CCC2. The monoisotopic (exact) mass is 421 g/mol. The number of fused-ring (bicyclic) bond motifs is 2. The van der Waals surface area contributed by atoms with Gasteiger partial charge in [-0.3, -0.25) is 4.79 Å². The van der Waals surface area contributed by atoms with Crippen LogP contribution in [-0.2, 0) is 19.9 Å². The number of thioether (sulfide) groups is 1. The number of benzene rings is 2. The fourth-order valence-electron chi connectivity index (χ4n) is 4.03. The molecular weight excluding hydrogens is 398 g/mol. The summed E-state index contributed by atoms with van der Waals surface area (Å²) in [6.45, 7) is 2.29. The Hall–Kier alpha value is -2.80. The summed E-state index contributed by atoms with van der Waals surface area (Å²) in [5, 5.41) is 9.06. The lowest BCUT2D eigenvalue weighted by Gasteiger charge is -2.25. The van der Waals surface area contributed by atoms with Gasteiger partial charge in [-0.25, -0.2) is 0 Å². The summed E-state index contributed by atoms with van der Waals surface area (Å²) in [7, 11) is 1.90. The molecule has 6 nitrogen and oxygen atoms in total. The van der Waals surface area contributed by atoms with Crippen molar-refractivity contribution in [2.45, 2.75) is 42.7 Å². The van der Waals surface area contributed by atoms with E-state index in [0.29, 0.717) is 23.3 Å². The molecule has 30 heavy (non-hydrogen) atoms. The van der Waals surface area contributed by atoms with Gasteiger partial charge in [0.1, 0.15) is 6.61 Å². The van der Waals surface area contributed by atoms with Crippen LogP contribution in [0.25, 0.3) is 0 Å². The Balaban J connectivity index is 1.30. The van der Waals surface area contributed by atoms with Gasteiger partial charge in [0.15, 0.2) is 34.4 Å². The zero-order valence-electron chi connectivity index (χ0n) is 17.0. The van der Waals surface area contributed by atoms with Crippen molar-refractivity contribution in [1.29, 1.82) is 0 Å². The van der Waals surface area contributed by atoms with Crippen LogP contribution in [0.2, 0.25) is 0 Å². The van der Waals surface area contributed by atoms with E-state index in [1.165, 1.54) is 29.3 Å². The number of hydrogen-bond donors (Lipinski definition) is 0. The normalized spacial score (nSPS) is 18.1. The second kappa shape index (κ2) is 7.80. The molecule has 7 heteroatoms. The molecule has 154 valence electrons. The summed E-state index contributed by atoms with van der Waals surface area (Å²) >= 11 is 1.42. The number of aryl methyl sites for hydroxylation is 2. The van der Waals surface area contributed by atoms with Crippen molar-refractivity contribution in [2.24, 2.45) is 7.05 Å². The van der Waals surface area contributed by atoms with Crippen molar-refractivity contribution in [3.05, 3.63) is 65.0 Å². The van der Waals surface area contributed by atoms with Crippen LogP contribution in [0.3, 0.4) is 0 Å². The van der Waals surface area contributed by atoms with Gasteiger partial charge < -0.3 is 14.0 Å². The molecule has 0 spiro atoms. The number of Topliss-reactive ketones (excluding diaryl/α,β-unsaturated/α-hetero) is 1. The van der Waals surface area contributed by atoms with E-state index < -0.39 is 0 Å². The molecule has 2 atom stereocenters. The average molecular weight is 422 g/mol. The van der Waals surface area contributed by atoms with Gasteiger partial charge >= 0.3 is 0 Å². The maximum Gasteiger partial charge on any atom is 0.192 e. The van der Waals surface area contributed by atoms with Gasteiger partial charge in [0.05, 0.1) is 5.25 Å². The Bertz CT molecular complexity index is 1110. The number of ether oxygens (including phenoxy) is 2. The number of ketones is 1. The van der Waals surface area contributed by atoms with Crippen LogP contribution in [0.5, 0.6) is 11.5 Å². The molecule has 2 aliphatic rings. The number of carbonyl (C=O) groups excluding carboxylic acids is 1.